The van der Waals surface area contributed by atoms with Crippen LogP contribution in [0.4, 0.5) is 0 Å². The Bertz CT molecular complexity index is 3090. The van der Waals surface area contributed by atoms with Crippen LogP contribution in [-0.2, 0) is 10.8 Å². The van der Waals surface area contributed by atoms with Gasteiger partial charge in [0.05, 0.1) is 22.0 Å². The van der Waals surface area contributed by atoms with Gasteiger partial charge in [0.15, 0.2) is 0 Å². The van der Waals surface area contributed by atoms with E-state index in [2.05, 4.69) is 158 Å². The predicted octanol–water partition coefficient (Wildman–Crippen LogP) is 10.2. The monoisotopic (exact) mass is 686 g/mol. The molecule has 4 aliphatic carbocycles. The molecule has 0 fully saturated rings. The van der Waals surface area contributed by atoms with Gasteiger partial charge in [-0.15, -0.1) is 11.3 Å². The van der Waals surface area contributed by atoms with E-state index in [0.717, 1.165) is 5.75 Å². The summed E-state index contributed by atoms with van der Waals surface area (Å²) in [6.45, 7) is 9.38. The maximum absolute atomic E-state index is 7.51. The highest BCUT2D eigenvalue weighted by Gasteiger charge is 2.63. The normalized spacial score (nSPS) is 23.3. The molecule has 0 saturated carbocycles. The minimum absolute atomic E-state index is 0.0201. The zero-order valence-electron chi connectivity index (χ0n) is 29.6. The number of fused-ring (bicyclic) bond motifs is 12. The molecule has 3 bridgehead atoms. The molecule has 5 heterocycles. The molecule has 0 radical (unpaired) electrons. The van der Waals surface area contributed by atoms with Crippen molar-refractivity contribution in [2.24, 2.45) is 0 Å². The molecule has 14 rings (SSSR count). The first kappa shape index (κ1) is 28.3. The standard InChI is InChI=1S/C47H35BN2OS/c1-25-21-34-41-35(22-25)51-44-42(38-26-11-9-10-20-47(44,24-26)31-14-7-5-12-28(31)38)48(41)40-30-17-19-37-39(29-13-6-8-15-36(29)52-37)43(30)50-33-23-27(46(2,3)4)16-18-32(33)49(34)45(40)50/h5-24,38,42,44H,1-4H3. The van der Waals surface area contributed by atoms with Gasteiger partial charge in [-0.2, -0.15) is 0 Å². The quantitative estimate of drug-likeness (QED) is 0.145. The smallest absolute Gasteiger partial charge is 0.230 e. The summed E-state index contributed by atoms with van der Waals surface area (Å²) in [4.78, 5) is 0. The Kier molecular flexibility index (Phi) is 4.92. The molecule has 0 saturated heterocycles. The van der Waals surface area contributed by atoms with Crippen LogP contribution in [0.5, 0.6) is 5.75 Å². The second kappa shape index (κ2) is 9.02. The van der Waals surface area contributed by atoms with E-state index in [9.17, 15) is 0 Å². The Morgan fingerprint density at radius 3 is 2.60 bits per heavy atom. The van der Waals surface area contributed by atoms with E-state index in [1.54, 1.807) is 0 Å². The van der Waals surface area contributed by atoms with Gasteiger partial charge in [-0.1, -0.05) is 106 Å². The number of nitrogens with zero attached hydrogens (tertiary/aromatic N) is 2. The number of hydrogen-bond acceptors (Lipinski definition) is 2. The lowest BCUT2D eigenvalue weighted by Gasteiger charge is -2.57. The van der Waals surface area contributed by atoms with Crippen LogP contribution >= 0.6 is 11.3 Å². The zero-order valence-corrected chi connectivity index (χ0v) is 30.4. The van der Waals surface area contributed by atoms with Crippen molar-refractivity contribution in [1.29, 1.82) is 0 Å². The molecule has 248 valence electrons. The van der Waals surface area contributed by atoms with Crippen molar-refractivity contribution in [2.45, 2.75) is 56.4 Å². The number of hydrogen-bond donors (Lipinski definition) is 0. The van der Waals surface area contributed by atoms with Crippen LogP contribution in [0.2, 0.25) is 5.82 Å². The number of allylic oxidation sites excluding steroid dienone is 4. The third-order valence-corrected chi connectivity index (χ3v) is 14.4. The Morgan fingerprint density at radius 1 is 0.827 bits per heavy atom. The van der Waals surface area contributed by atoms with Gasteiger partial charge in [0.1, 0.15) is 17.5 Å². The molecule has 0 amide bonds. The highest BCUT2D eigenvalue weighted by atomic mass is 32.1. The van der Waals surface area contributed by atoms with Crippen LogP contribution in [-0.4, -0.2) is 21.8 Å². The first-order valence-electron chi connectivity index (χ1n) is 18.7. The molecule has 3 nitrogen and oxygen atoms in total. The first-order valence-corrected chi connectivity index (χ1v) is 19.6. The molecule has 8 aromatic rings. The van der Waals surface area contributed by atoms with Crippen molar-refractivity contribution in [1.82, 2.24) is 8.97 Å². The fraction of sp³-hybridized carbons (Fsp3) is 0.191. The number of ether oxygens (including phenoxy) is 1. The van der Waals surface area contributed by atoms with Crippen molar-refractivity contribution >= 4 is 76.7 Å². The van der Waals surface area contributed by atoms with Crippen LogP contribution in [0.25, 0.3) is 53.4 Å². The van der Waals surface area contributed by atoms with Gasteiger partial charge >= 0.3 is 0 Å². The molecule has 1 spiro atoms. The largest absolute Gasteiger partial charge is 0.490 e. The second-order valence-electron chi connectivity index (χ2n) is 16.9. The van der Waals surface area contributed by atoms with Crippen LogP contribution in [0.1, 0.15) is 48.9 Å². The van der Waals surface area contributed by atoms with Crippen molar-refractivity contribution in [3.8, 4) is 11.4 Å². The number of aryl methyl sites for hydroxylation is 1. The molecule has 5 heteroatoms. The van der Waals surface area contributed by atoms with Gasteiger partial charge in [0.25, 0.3) is 0 Å². The lowest BCUT2D eigenvalue weighted by molar-refractivity contribution is 0.117. The molecule has 52 heavy (non-hydrogen) atoms. The van der Waals surface area contributed by atoms with Crippen LogP contribution in [0, 0.1) is 6.92 Å². The number of thiophene rings is 1. The highest BCUT2D eigenvalue weighted by molar-refractivity contribution is 7.26. The number of rotatable bonds is 0. The summed E-state index contributed by atoms with van der Waals surface area (Å²) in [7, 11) is 0. The van der Waals surface area contributed by atoms with Crippen molar-refractivity contribution in [3.05, 3.63) is 149 Å². The third-order valence-electron chi connectivity index (χ3n) is 13.3. The average Bonchev–Trinajstić information content (AvgIpc) is 3.76. The number of benzene rings is 5. The summed E-state index contributed by atoms with van der Waals surface area (Å²) in [5.74, 6) is 1.50. The number of imidazole rings is 1. The van der Waals surface area contributed by atoms with E-state index >= 15 is 0 Å². The Labute approximate surface area is 306 Å². The topological polar surface area (TPSA) is 18.6 Å². The van der Waals surface area contributed by atoms with Gasteiger partial charge in [-0.25, -0.2) is 0 Å². The van der Waals surface area contributed by atoms with Crippen molar-refractivity contribution in [2.75, 3.05) is 0 Å². The minimum atomic E-state index is -0.340. The van der Waals surface area contributed by atoms with Gasteiger partial charge in [-0.3, -0.25) is 8.97 Å². The SMILES string of the molecule is Cc1cc2c3c(c1)-n1c4ccc(C(C)(C)C)cc4n4c5c(ccc6sc7ccccc7c65)c(c14)B3C1C3C4=CC(C=CC=C4)(c4ccccc43)C1O2. The van der Waals surface area contributed by atoms with E-state index in [1.807, 2.05) is 11.3 Å². The van der Waals surface area contributed by atoms with Crippen LogP contribution in [0.3, 0.4) is 0 Å². The third kappa shape index (κ3) is 3.12. The van der Waals surface area contributed by atoms with Gasteiger partial charge in [0.2, 0.25) is 6.71 Å². The summed E-state index contributed by atoms with van der Waals surface area (Å²) in [6.07, 6.45) is 11.9. The maximum Gasteiger partial charge on any atom is 0.230 e. The van der Waals surface area contributed by atoms with Crippen molar-refractivity contribution < 1.29 is 4.74 Å². The molecular weight excluding hydrogens is 651 g/mol. The number of aromatic nitrogens is 2. The lowest BCUT2D eigenvalue weighted by Crippen LogP contribution is -2.66. The molecule has 6 aliphatic rings. The molecule has 4 unspecified atom stereocenters. The van der Waals surface area contributed by atoms with E-state index in [-0.39, 0.29) is 35.4 Å². The van der Waals surface area contributed by atoms with E-state index in [0.29, 0.717) is 0 Å². The zero-order chi connectivity index (χ0) is 34.4. The van der Waals surface area contributed by atoms with Crippen LogP contribution in [0.15, 0.2) is 127 Å². The van der Waals surface area contributed by atoms with Gasteiger partial charge < -0.3 is 4.74 Å². The summed E-state index contributed by atoms with van der Waals surface area (Å²) < 4.78 is 15.5. The fourth-order valence-electron chi connectivity index (χ4n) is 11.3. The fourth-order valence-corrected chi connectivity index (χ4v) is 12.4. The predicted molar refractivity (Wildman–Crippen MR) is 218 cm³/mol. The summed E-state index contributed by atoms with van der Waals surface area (Å²) in [5, 5.41) is 4.10. The van der Waals surface area contributed by atoms with E-state index < -0.39 is 0 Å². The summed E-state index contributed by atoms with van der Waals surface area (Å²) in [5.41, 5.74) is 15.9. The molecule has 2 aliphatic heterocycles. The highest BCUT2D eigenvalue weighted by Crippen LogP contribution is 2.63. The second-order valence-corrected chi connectivity index (χ2v) is 18.0. The van der Waals surface area contributed by atoms with E-state index in [1.165, 1.54) is 92.2 Å². The Morgan fingerprint density at radius 2 is 1.69 bits per heavy atom. The molecule has 4 atom stereocenters. The van der Waals surface area contributed by atoms with Gasteiger partial charge in [0, 0.05) is 31.8 Å². The van der Waals surface area contributed by atoms with E-state index in [4.69, 9.17) is 4.74 Å². The molecule has 3 aromatic heterocycles. The maximum atomic E-state index is 7.51. The van der Waals surface area contributed by atoms with Crippen molar-refractivity contribution in [3.63, 3.8) is 0 Å². The molecule has 0 N–H and O–H groups in total. The van der Waals surface area contributed by atoms with Gasteiger partial charge in [-0.05, 0) is 98.7 Å². The Hall–Kier alpha value is -5.26. The summed E-state index contributed by atoms with van der Waals surface area (Å²) in [6, 6.07) is 35.1. The minimum Gasteiger partial charge on any atom is -0.490 e. The van der Waals surface area contributed by atoms with Crippen LogP contribution < -0.4 is 15.7 Å². The molecule has 5 aromatic carbocycles. The average molecular weight is 687 g/mol. The first-order chi connectivity index (χ1) is 25.3. The summed E-state index contributed by atoms with van der Waals surface area (Å²) >= 11 is 1.92. The Balaban J connectivity index is 1.25. The lowest BCUT2D eigenvalue weighted by atomic mass is 9.25. The molecular formula is C47H35BN2OS.